The number of methoxy groups -OCH3 is 3. The molecule has 0 heterocycles. The van der Waals surface area contributed by atoms with Crippen LogP contribution in [0.5, 0.6) is 23.0 Å². The van der Waals surface area contributed by atoms with Crippen LogP contribution in [0.1, 0.15) is 29.8 Å². The van der Waals surface area contributed by atoms with E-state index in [1.807, 2.05) is 13.8 Å². The van der Waals surface area contributed by atoms with E-state index in [0.29, 0.717) is 39.1 Å². The van der Waals surface area contributed by atoms with Crippen molar-refractivity contribution in [2.45, 2.75) is 20.0 Å². The molecule has 0 aliphatic heterocycles. The van der Waals surface area contributed by atoms with Crippen LogP contribution < -0.4 is 24.4 Å². The zero-order valence-electron chi connectivity index (χ0n) is 16.4. The lowest BCUT2D eigenvalue weighted by molar-refractivity contribution is 0.0954. The largest absolute Gasteiger partial charge is 0.497 e. The van der Waals surface area contributed by atoms with Gasteiger partial charge in [-0.3, -0.25) is 4.79 Å². The number of nitrogens with zero attached hydrogens (tertiary/aromatic N) is 1. The summed E-state index contributed by atoms with van der Waals surface area (Å²) in [5.74, 6) is 1.54. The second-order valence-corrected chi connectivity index (χ2v) is 6.41. The average molecular weight is 407 g/mol. The highest BCUT2D eigenvalue weighted by atomic mass is 35.5. The molecule has 0 saturated carbocycles. The van der Waals surface area contributed by atoms with Crippen LogP contribution in [0.15, 0.2) is 35.4 Å². The number of benzene rings is 2. The summed E-state index contributed by atoms with van der Waals surface area (Å²) in [5, 5.41) is 4.36. The van der Waals surface area contributed by atoms with Crippen LogP contribution in [-0.2, 0) is 0 Å². The number of carbonyl (C=O) groups excluding carboxylic acids is 1. The van der Waals surface area contributed by atoms with Gasteiger partial charge in [-0.2, -0.15) is 5.10 Å². The van der Waals surface area contributed by atoms with Crippen molar-refractivity contribution in [2.75, 3.05) is 21.3 Å². The number of nitrogens with one attached hydrogen (secondary N) is 1. The number of halogens is 1. The molecule has 0 atom stereocenters. The van der Waals surface area contributed by atoms with Gasteiger partial charge in [-0.15, -0.1) is 0 Å². The predicted octanol–water partition coefficient (Wildman–Crippen LogP) is 3.92. The molecule has 0 unspecified atom stereocenters. The fourth-order valence-electron chi connectivity index (χ4n) is 2.33. The van der Waals surface area contributed by atoms with E-state index < -0.39 is 5.91 Å². The number of carbonyl (C=O) groups is 1. The smallest absolute Gasteiger partial charge is 0.271 e. The molecule has 0 bridgehead atoms. The van der Waals surface area contributed by atoms with Gasteiger partial charge in [0.05, 0.1) is 38.7 Å². The molecule has 2 aromatic carbocycles. The third kappa shape index (κ3) is 5.53. The summed E-state index contributed by atoms with van der Waals surface area (Å²) in [6.45, 7) is 3.79. The van der Waals surface area contributed by atoms with Gasteiger partial charge in [-0.1, -0.05) is 11.6 Å². The topological polar surface area (TPSA) is 78.4 Å². The zero-order chi connectivity index (χ0) is 20.7. The lowest BCUT2D eigenvalue weighted by Crippen LogP contribution is -2.17. The summed E-state index contributed by atoms with van der Waals surface area (Å²) < 4.78 is 21.3. The molecule has 2 aromatic rings. The van der Waals surface area contributed by atoms with Crippen LogP contribution in [0, 0.1) is 0 Å². The summed E-state index contributed by atoms with van der Waals surface area (Å²) in [5.41, 5.74) is 3.45. The van der Waals surface area contributed by atoms with Gasteiger partial charge >= 0.3 is 0 Å². The number of amides is 1. The van der Waals surface area contributed by atoms with Crippen LogP contribution >= 0.6 is 11.6 Å². The van der Waals surface area contributed by atoms with Crippen LogP contribution in [-0.4, -0.2) is 39.6 Å². The van der Waals surface area contributed by atoms with E-state index in [9.17, 15) is 4.79 Å². The van der Waals surface area contributed by atoms with Crippen LogP contribution in [0.3, 0.4) is 0 Å². The minimum atomic E-state index is -0.411. The molecule has 1 N–H and O–H groups in total. The molecule has 28 heavy (non-hydrogen) atoms. The zero-order valence-corrected chi connectivity index (χ0v) is 17.2. The maximum absolute atomic E-state index is 12.3. The number of hydrazone groups is 1. The SMILES string of the molecule is COc1cc(OC)cc(C(=O)NN=Cc2cc(Cl)c(OC(C)C)c(OC)c2)c1. The summed E-state index contributed by atoms with van der Waals surface area (Å²) in [6, 6.07) is 8.24. The van der Waals surface area contributed by atoms with Gasteiger partial charge in [0.25, 0.3) is 5.91 Å². The molecule has 0 aliphatic carbocycles. The monoisotopic (exact) mass is 406 g/mol. The highest BCUT2D eigenvalue weighted by Gasteiger charge is 2.13. The van der Waals surface area contributed by atoms with E-state index >= 15 is 0 Å². The first-order valence-corrected chi connectivity index (χ1v) is 8.86. The molecule has 0 radical (unpaired) electrons. The predicted molar refractivity (Wildman–Crippen MR) is 108 cm³/mol. The molecule has 150 valence electrons. The molecule has 0 spiro atoms. The summed E-state index contributed by atoms with van der Waals surface area (Å²) >= 11 is 6.28. The van der Waals surface area contributed by atoms with Crippen molar-refractivity contribution in [1.29, 1.82) is 0 Å². The quantitative estimate of drug-likeness (QED) is 0.531. The molecule has 7 nitrogen and oxygen atoms in total. The standard InChI is InChI=1S/C20H23ClN2O5/c1-12(2)28-19-17(21)6-13(7-18(19)27-5)11-22-23-20(24)14-8-15(25-3)10-16(9-14)26-4/h6-12H,1-5H3,(H,23,24). The number of hydrogen-bond donors (Lipinski definition) is 1. The summed E-state index contributed by atoms with van der Waals surface area (Å²) in [6.07, 6.45) is 1.41. The van der Waals surface area contributed by atoms with E-state index in [4.69, 9.17) is 30.5 Å². The van der Waals surface area contributed by atoms with E-state index in [1.165, 1.54) is 27.5 Å². The minimum Gasteiger partial charge on any atom is -0.497 e. The summed E-state index contributed by atoms with van der Waals surface area (Å²) in [7, 11) is 4.55. The molecule has 0 saturated heterocycles. The Morgan fingerprint density at radius 3 is 2.21 bits per heavy atom. The Morgan fingerprint density at radius 1 is 1.04 bits per heavy atom. The van der Waals surface area contributed by atoms with Crippen molar-refractivity contribution in [1.82, 2.24) is 5.43 Å². The number of ether oxygens (including phenoxy) is 4. The highest BCUT2D eigenvalue weighted by Crippen LogP contribution is 2.36. The van der Waals surface area contributed by atoms with Crippen molar-refractivity contribution in [2.24, 2.45) is 5.10 Å². The number of hydrogen-bond acceptors (Lipinski definition) is 6. The third-order valence-corrected chi connectivity index (χ3v) is 3.88. The fraction of sp³-hybridized carbons (Fsp3) is 0.300. The molecule has 8 heteroatoms. The Kier molecular flexibility index (Phi) is 7.52. The number of rotatable bonds is 8. The lowest BCUT2D eigenvalue weighted by Gasteiger charge is -2.15. The van der Waals surface area contributed by atoms with Gasteiger partial charge in [0.2, 0.25) is 0 Å². The Labute approximate surface area is 169 Å². The minimum absolute atomic E-state index is 0.0509. The normalized spacial score (nSPS) is 10.8. The second kappa shape index (κ2) is 9.85. The van der Waals surface area contributed by atoms with Gasteiger partial charge < -0.3 is 18.9 Å². The Bertz CT molecular complexity index is 846. The van der Waals surface area contributed by atoms with Gasteiger partial charge in [0.15, 0.2) is 11.5 Å². The van der Waals surface area contributed by atoms with E-state index in [2.05, 4.69) is 10.5 Å². The first kappa shape index (κ1) is 21.4. The first-order chi connectivity index (χ1) is 13.4. The average Bonchev–Trinajstić information content (AvgIpc) is 2.68. The first-order valence-electron chi connectivity index (χ1n) is 8.48. The van der Waals surface area contributed by atoms with Gasteiger partial charge in [0.1, 0.15) is 11.5 Å². The van der Waals surface area contributed by atoms with Crippen molar-refractivity contribution in [3.8, 4) is 23.0 Å². The Hall–Kier alpha value is -2.93. The molecule has 0 aromatic heterocycles. The Morgan fingerprint density at radius 2 is 1.68 bits per heavy atom. The van der Waals surface area contributed by atoms with Gasteiger partial charge in [-0.25, -0.2) is 5.43 Å². The van der Waals surface area contributed by atoms with E-state index in [-0.39, 0.29) is 6.10 Å². The second-order valence-electron chi connectivity index (χ2n) is 6.00. The molecule has 0 aliphatic rings. The molecule has 0 fully saturated rings. The molecule has 1 amide bonds. The highest BCUT2D eigenvalue weighted by molar-refractivity contribution is 6.32. The van der Waals surface area contributed by atoms with Crippen molar-refractivity contribution >= 4 is 23.7 Å². The van der Waals surface area contributed by atoms with E-state index in [0.717, 1.165) is 0 Å². The van der Waals surface area contributed by atoms with Crippen molar-refractivity contribution < 1.29 is 23.7 Å². The maximum atomic E-state index is 12.3. The van der Waals surface area contributed by atoms with Crippen molar-refractivity contribution in [3.63, 3.8) is 0 Å². The lowest BCUT2D eigenvalue weighted by atomic mass is 10.2. The molecular formula is C20H23ClN2O5. The van der Waals surface area contributed by atoms with Crippen molar-refractivity contribution in [3.05, 3.63) is 46.5 Å². The van der Waals surface area contributed by atoms with Crippen LogP contribution in [0.4, 0.5) is 0 Å². The fourth-order valence-corrected chi connectivity index (χ4v) is 2.60. The molecule has 2 rings (SSSR count). The third-order valence-electron chi connectivity index (χ3n) is 3.60. The summed E-state index contributed by atoms with van der Waals surface area (Å²) in [4.78, 5) is 12.3. The van der Waals surface area contributed by atoms with Crippen LogP contribution in [0.2, 0.25) is 5.02 Å². The Balaban J connectivity index is 2.16. The van der Waals surface area contributed by atoms with Crippen LogP contribution in [0.25, 0.3) is 0 Å². The van der Waals surface area contributed by atoms with Gasteiger partial charge in [-0.05, 0) is 43.7 Å². The van der Waals surface area contributed by atoms with Gasteiger partial charge in [0, 0.05) is 11.6 Å². The van der Waals surface area contributed by atoms with E-state index in [1.54, 1.807) is 30.3 Å². The maximum Gasteiger partial charge on any atom is 0.271 e. The molecular weight excluding hydrogens is 384 g/mol.